The number of nitrogens with one attached hydrogen (secondary N) is 1. The Morgan fingerprint density at radius 1 is 0.906 bits per heavy atom. The van der Waals surface area contributed by atoms with E-state index in [2.05, 4.69) is 47.5 Å². The van der Waals surface area contributed by atoms with Crippen LogP contribution in [0.15, 0.2) is 72.8 Å². The van der Waals surface area contributed by atoms with Crippen molar-refractivity contribution in [1.82, 2.24) is 10.2 Å². The predicted molar refractivity (Wildman–Crippen MR) is 203 cm³/mol. The van der Waals surface area contributed by atoms with Crippen molar-refractivity contribution in [2.75, 3.05) is 46.5 Å². The Morgan fingerprint density at radius 3 is 2.47 bits per heavy atom. The van der Waals surface area contributed by atoms with E-state index in [0.29, 0.717) is 50.8 Å². The first-order chi connectivity index (χ1) is 25.6. The van der Waals surface area contributed by atoms with Gasteiger partial charge in [0.2, 0.25) is 0 Å². The van der Waals surface area contributed by atoms with Gasteiger partial charge < -0.3 is 49.6 Å². The summed E-state index contributed by atoms with van der Waals surface area (Å²) in [7, 11) is 1.75. The third-order valence-electron chi connectivity index (χ3n) is 9.08. The number of hydrogen-bond donors (Lipinski definition) is 5. The Labute approximate surface area is 314 Å². The van der Waals surface area contributed by atoms with Crippen LogP contribution in [0.25, 0.3) is 11.1 Å². The highest BCUT2D eigenvalue weighted by atomic mass is 28.2. The molecule has 4 aromatic carbocycles. The van der Waals surface area contributed by atoms with Gasteiger partial charge in [-0.1, -0.05) is 36.4 Å². The highest BCUT2D eigenvalue weighted by molar-refractivity contribution is 6.39. The maximum absolute atomic E-state index is 10.2. The second kappa shape index (κ2) is 19.6. The van der Waals surface area contributed by atoms with Crippen LogP contribution in [0.2, 0.25) is 0 Å². The van der Waals surface area contributed by atoms with Crippen molar-refractivity contribution in [3.8, 4) is 40.2 Å². The van der Waals surface area contributed by atoms with Crippen molar-refractivity contribution < 1.29 is 39.4 Å². The second-order valence-electron chi connectivity index (χ2n) is 13.2. The molecule has 0 saturated carbocycles. The van der Waals surface area contributed by atoms with E-state index in [1.807, 2.05) is 56.4 Å². The minimum absolute atomic E-state index is 0.283. The molecule has 0 spiro atoms. The Morgan fingerprint density at radius 2 is 1.68 bits per heavy atom. The van der Waals surface area contributed by atoms with Gasteiger partial charge in [-0.25, -0.2) is 0 Å². The van der Waals surface area contributed by atoms with Crippen molar-refractivity contribution >= 4 is 9.52 Å². The molecule has 0 fully saturated rings. The zero-order valence-electron chi connectivity index (χ0n) is 30.5. The second-order valence-corrected chi connectivity index (χ2v) is 14.8. The molecular formula is C41H49N3O8Si. The molecule has 2 radical (unpaired) electrons. The molecule has 3 atom stereocenters. The summed E-state index contributed by atoms with van der Waals surface area (Å²) in [5.74, 6) is 2.94. The van der Waals surface area contributed by atoms with E-state index in [1.54, 1.807) is 6.07 Å². The van der Waals surface area contributed by atoms with Crippen LogP contribution in [0.1, 0.15) is 39.8 Å². The fraction of sp³-hybridized carbons (Fsp3) is 0.390. The Hall–Kier alpha value is -4.45. The molecule has 1 aliphatic heterocycles. The quantitative estimate of drug-likeness (QED) is 0.0703. The number of benzene rings is 4. The summed E-state index contributed by atoms with van der Waals surface area (Å²) in [5, 5.41) is 51.1. The molecule has 0 amide bonds. The minimum atomic E-state index is -1.25. The van der Waals surface area contributed by atoms with Crippen molar-refractivity contribution in [2.45, 2.75) is 57.6 Å². The average Bonchev–Trinajstić information content (AvgIpc) is 3.17. The zero-order valence-corrected chi connectivity index (χ0v) is 31.5. The van der Waals surface area contributed by atoms with Crippen molar-refractivity contribution in [3.05, 3.63) is 106 Å². The Balaban J connectivity index is 1.24. The lowest BCUT2D eigenvalue weighted by molar-refractivity contribution is 0.0204. The van der Waals surface area contributed by atoms with Crippen LogP contribution in [0, 0.1) is 25.2 Å². The van der Waals surface area contributed by atoms with Gasteiger partial charge in [-0.15, -0.1) is 0 Å². The van der Waals surface area contributed by atoms with E-state index >= 15 is 0 Å². The van der Waals surface area contributed by atoms with Crippen LogP contribution >= 0.6 is 0 Å². The third kappa shape index (κ3) is 11.3. The van der Waals surface area contributed by atoms with Crippen LogP contribution in [0.3, 0.4) is 0 Å². The van der Waals surface area contributed by atoms with Crippen LogP contribution in [-0.4, -0.2) is 98.9 Å². The van der Waals surface area contributed by atoms with E-state index in [9.17, 15) is 20.6 Å². The predicted octanol–water partition coefficient (Wildman–Crippen LogP) is 3.88. The normalized spacial score (nSPS) is 14.0. The maximum Gasteiger partial charge on any atom is 0.161 e. The first kappa shape index (κ1) is 39.7. The van der Waals surface area contributed by atoms with E-state index in [0.717, 1.165) is 69.2 Å². The summed E-state index contributed by atoms with van der Waals surface area (Å²) >= 11 is 0. The standard InChI is InChI=1S/C41H49N3O8Si/c1-27-17-33(23-44(3)14-6-13-43-22-40(47)53-41(48)35(46)24-45)38(51-25-30-8-4-7-29(18-30)21-42)20-37(27)52-26-32-9-5-10-34(28(32)2)31-11-12-36-39(19-31)50-16-15-49-36/h4-5,7-12,17-20,35,40-41,43,45-48H,6,13-16,22-26H2,1-3H3/t35-,40-,41+/m1/s1. The lowest BCUT2D eigenvalue weighted by Gasteiger charge is -2.22. The van der Waals surface area contributed by atoms with Gasteiger partial charge in [-0.3, -0.25) is 0 Å². The minimum Gasteiger partial charge on any atom is -0.488 e. The largest absolute Gasteiger partial charge is 0.488 e. The molecule has 12 heteroatoms. The fourth-order valence-corrected chi connectivity index (χ4v) is 7.09. The van der Waals surface area contributed by atoms with E-state index in [4.69, 9.17) is 24.1 Å². The zero-order chi connectivity index (χ0) is 37.7. The molecule has 0 unspecified atom stereocenters. The molecule has 1 aliphatic rings. The van der Waals surface area contributed by atoms with Crippen molar-refractivity contribution in [2.24, 2.45) is 0 Å². The summed E-state index contributed by atoms with van der Waals surface area (Å²) in [5.41, 5.74) is 5.84. The maximum atomic E-state index is 10.2. The Bertz CT molecular complexity index is 1850. The summed E-state index contributed by atoms with van der Waals surface area (Å²) in [6, 6.07) is 25.9. The van der Waals surface area contributed by atoms with Gasteiger partial charge in [0.25, 0.3) is 0 Å². The fourth-order valence-electron chi connectivity index (χ4n) is 6.10. The number of ether oxygens (including phenoxy) is 4. The third-order valence-corrected chi connectivity index (χ3v) is 10.4. The molecule has 1 heterocycles. The van der Waals surface area contributed by atoms with Crippen molar-refractivity contribution in [1.29, 1.82) is 5.26 Å². The van der Waals surface area contributed by atoms with E-state index in [1.165, 1.54) is 0 Å². The van der Waals surface area contributed by atoms with Crippen LogP contribution in [0.4, 0.5) is 0 Å². The number of aliphatic hydroxyl groups is 4. The molecule has 0 saturated heterocycles. The first-order valence-electron chi connectivity index (χ1n) is 17.8. The molecule has 280 valence electrons. The number of nitriles is 1. The summed E-state index contributed by atoms with van der Waals surface area (Å²) in [6.45, 7) is 7.68. The monoisotopic (exact) mass is 739 g/mol. The number of hydrogen-bond acceptors (Lipinski definition) is 11. The number of aryl methyl sites for hydroxylation is 1. The van der Waals surface area contributed by atoms with E-state index < -0.39 is 24.2 Å². The van der Waals surface area contributed by atoms with Gasteiger partial charge in [0.1, 0.15) is 47.4 Å². The molecule has 0 bridgehead atoms. The topological polar surface area (TPSA) is 157 Å². The molecule has 5 N–H and O–H groups in total. The highest BCUT2D eigenvalue weighted by Gasteiger charge is 2.21. The van der Waals surface area contributed by atoms with Gasteiger partial charge in [-0.2, -0.15) is 5.26 Å². The van der Waals surface area contributed by atoms with Gasteiger partial charge in [0.15, 0.2) is 11.5 Å². The van der Waals surface area contributed by atoms with Gasteiger partial charge >= 0.3 is 0 Å². The lowest BCUT2D eigenvalue weighted by Crippen LogP contribution is -2.43. The molecule has 4 aromatic rings. The van der Waals surface area contributed by atoms with Crippen LogP contribution in [0.5, 0.6) is 23.0 Å². The average molecular weight is 740 g/mol. The summed E-state index contributed by atoms with van der Waals surface area (Å²) < 4.78 is 24.4. The summed E-state index contributed by atoms with van der Waals surface area (Å²) in [4.78, 5) is 2.20. The lowest BCUT2D eigenvalue weighted by atomic mass is 9.96. The molecule has 11 nitrogen and oxygen atoms in total. The first-order valence-corrected chi connectivity index (χ1v) is 19.0. The van der Waals surface area contributed by atoms with Gasteiger partial charge in [-0.05, 0) is 104 Å². The summed E-state index contributed by atoms with van der Waals surface area (Å²) in [6.07, 6.45) is -0.438. The highest BCUT2D eigenvalue weighted by Crippen LogP contribution is 2.37. The van der Waals surface area contributed by atoms with Crippen LogP contribution < -0.4 is 24.3 Å². The molecule has 5 rings (SSSR count). The number of fused-ring (bicyclic) bond motifs is 1. The van der Waals surface area contributed by atoms with Crippen LogP contribution in [-0.2, 0) is 19.8 Å². The number of nitrogens with zero attached hydrogens (tertiary/aromatic N) is 2. The van der Waals surface area contributed by atoms with Gasteiger partial charge in [0.05, 0.1) is 35.8 Å². The molecular weight excluding hydrogens is 691 g/mol. The number of rotatable bonds is 19. The smallest absolute Gasteiger partial charge is 0.161 e. The SMILES string of the molecule is Cc1cc(CN(C)CCCNC[C@H](O)[Si][C@H](O)[C@H](O)CO)c(OCc2cccc(C#N)c2)cc1OCc1cccc(-c2ccc3c(c2)OCCO3)c1C. The molecule has 0 aliphatic carbocycles. The van der Waals surface area contributed by atoms with E-state index in [-0.39, 0.29) is 16.1 Å². The van der Waals surface area contributed by atoms with Crippen molar-refractivity contribution in [3.63, 3.8) is 0 Å². The Kier molecular flexibility index (Phi) is 14.7. The molecule has 0 aromatic heterocycles. The van der Waals surface area contributed by atoms with Gasteiger partial charge in [0, 0.05) is 24.7 Å². The molecule has 53 heavy (non-hydrogen) atoms. The number of aliphatic hydroxyl groups excluding tert-OH is 4.